The van der Waals surface area contributed by atoms with Gasteiger partial charge in [0.2, 0.25) is 5.91 Å². The van der Waals surface area contributed by atoms with Gasteiger partial charge in [0.05, 0.1) is 0 Å². The van der Waals surface area contributed by atoms with Crippen molar-refractivity contribution in [3.05, 3.63) is 168 Å². The van der Waals surface area contributed by atoms with E-state index >= 15 is 0 Å². The summed E-state index contributed by atoms with van der Waals surface area (Å²) in [7, 11) is 0. The van der Waals surface area contributed by atoms with Crippen LogP contribution in [-0.2, 0) is 9.59 Å². The second-order valence-corrected chi connectivity index (χ2v) is 12.0. The maximum Gasteiger partial charge on any atom is 0.272 e. The van der Waals surface area contributed by atoms with Gasteiger partial charge >= 0.3 is 0 Å². The zero-order chi connectivity index (χ0) is 32.6. The Labute approximate surface area is 277 Å². The van der Waals surface area contributed by atoms with Gasteiger partial charge in [0, 0.05) is 44.5 Å². The Morgan fingerprint density at radius 1 is 0.745 bits per heavy atom. The van der Waals surface area contributed by atoms with E-state index in [9.17, 15) is 14.4 Å². The van der Waals surface area contributed by atoms with Gasteiger partial charge < -0.3 is 20.9 Å². The topological polar surface area (TPSA) is 103 Å². The molecule has 47 heavy (non-hydrogen) atoms. The first-order chi connectivity index (χ1) is 22.9. The summed E-state index contributed by atoms with van der Waals surface area (Å²) in [5, 5.41) is 9.19. The molecule has 0 aliphatic heterocycles. The van der Waals surface area contributed by atoms with Crippen molar-refractivity contribution in [1.29, 1.82) is 0 Å². The molecule has 0 radical (unpaired) electrons. The number of para-hydroxylation sites is 2. The fourth-order valence-corrected chi connectivity index (χ4v) is 6.19. The van der Waals surface area contributed by atoms with E-state index in [-0.39, 0.29) is 11.6 Å². The summed E-state index contributed by atoms with van der Waals surface area (Å²) in [6.07, 6.45) is 3.46. The molecule has 0 saturated heterocycles. The van der Waals surface area contributed by atoms with Crippen LogP contribution < -0.4 is 16.0 Å². The summed E-state index contributed by atoms with van der Waals surface area (Å²) >= 11 is 1.39. The SMILES string of the molecule is Cc1ccccc1NC(=O)C(Sc1cccc(NC(=O)/C(=C/c2c[nH]c3ccccc23)NC(=O)c2ccccc2)c1)c1ccccc1. The summed E-state index contributed by atoms with van der Waals surface area (Å²) in [6.45, 7) is 1.95. The Morgan fingerprint density at radius 3 is 2.23 bits per heavy atom. The number of H-pyrrole nitrogens is 1. The molecule has 4 N–H and O–H groups in total. The van der Waals surface area contributed by atoms with Crippen molar-refractivity contribution >= 4 is 57.8 Å². The highest BCUT2D eigenvalue weighted by molar-refractivity contribution is 8.00. The van der Waals surface area contributed by atoms with Crippen LogP contribution in [0.5, 0.6) is 0 Å². The van der Waals surface area contributed by atoms with Crippen LogP contribution in [0.4, 0.5) is 11.4 Å². The largest absolute Gasteiger partial charge is 0.361 e. The Bertz CT molecular complexity index is 2070. The maximum atomic E-state index is 13.8. The number of aryl methyl sites for hydroxylation is 1. The molecule has 0 aliphatic rings. The quantitative estimate of drug-likeness (QED) is 0.0896. The number of nitrogens with one attached hydrogen (secondary N) is 4. The number of hydrogen-bond donors (Lipinski definition) is 4. The van der Waals surface area contributed by atoms with Gasteiger partial charge in [0.25, 0.3) is 11.8 Å². The van der Waals surface area contributed by atoms with Crippen molar-refractivity contribution in [2.75, 3.05) is 10.6 Å². The Morgan fingerprint density at radius 2 is 1.45 bits per heavy atom. The number of carbonyl (C=O) groups excluding carboxylic acids is 3. The normalized spacial score (nSPS) is 11.9. The van der Waals surface area contributed by atoms with Crippen LogP contribution in [0.3, 0.4) is 0 Å². The molecule has 1 unspecified atom stereocenters. The van der Waals surface area contributed by atoms with Crippen LogP contribution in [0.1, 0.15) is 32.3 Å². The second kappa shape index (κ2) is 14.5. The van der Waals surface area contributed by atoms with Gasteiger partial charge in [-0.15, -0.1) is 11.8 Å². The molecule has 3 amide bonds. The molecule has 0 aliphatic carbocycles. The molecule has 6 aromatic rings. The lowest BCUT2D eigenvalue weighted by atomic mass is 10.1. The van der Waals surface area contributed by atoms with E-state index in [1.807, 2.05) is 110 Å². The van der Waals surface area contributed by atoms with E-state index in [1.165, 1.54) is 11.8 Å². The number of aromatic nitrogens is 1. The molecule has 0 bridgehead atoms. The first-order valence-corrected chi connectivity index (χ1v) is 16.0. The summed E-state index contributed by atoms with van der Waals surface area (Å²) in [5.74, 6) is -1.04. The Balaban J connectivity index is 1.26. The fourth-order valence-electron chi connectivity index (χ4n) is 5.11. The van der Waals surface area contributed by atoms with Crippen LogP contribution >= 0.6 is 11.8 Å². The number of thioether (sulfide) groups is 1. The average Bonchev–Trinajstić information content (AvgIpc) is 3.51. The number of rotatable bonds is 10. The molecule has 8 heteroatoms. The highest BCUT2D eigenvalue weighted by Crippen LogP contribution is 2.37. The third-order valence-corrected chi connectivity index (χ3v) is 8.79. The van der Waals surface area contributed by atoms with Crippen molar-refractivity contribution in [1.82, 2.24) is 10.3 Å². The average molecular weight is 637 g/mol. The molecule has 1 atom stereocenters. The Kier molecular flexibility index (Phi) is 9.60. The number of anilines is 2. The van der Waals surface area contributed by atoms with Crippen LogP contribution in [0.15, 0.2) is 150 Å². The number of amides is 3. The summed E-state index contributed by atoms with van der Waals surface area (Å²) in [4.78, 5) is 44.5. The van der Waals surface area contributed by atoms with Crippen molar-refractivity contribution in [3.8, 4) is 0 Å². The number of hydrogen-bond acceptors (Lipinski definition) is 4. The first kappa shape index (κ1) is 31.1. The van der Waals surface area contributed by atoms with Gasteiger partial charge in [-0.1, -0.05) is 91.0 Å². The lowest BCUT2D eigenvalue weighted by Crippen LogP contribution is -2.30. The van der Waals surface area contributed by atoms with Crippen molar-refractivity contribution in [3.63, 3.8) is 0 Å². The fraction of sp³-hybridized carbons (Fsp3) is 0.0513. The highest BCUT2D eigenvalue weighted by Gasteiger charge is 2.23. The lowest BCUT2D eigenvalue weighted by molar-refractivity contribution is -0.116. The molecule has 0 spiro atoms. The van der Waals surface area contributed by atoms with E-state index in [0.29, 0.717) is 11.3 Å². The monoisotopic (exact) mass is 636 g/mol. The summed E-state index contributed by atoms with van der Waals surface area (Å²) in [5.41, 5.74) is 5.28. The zero-order valence-electron chi connectivity index (χ0n) is 25.6. The third-order valence-electron chi connectivity index (χ3n) is 7.54. The van der Waals surface area contributed by atoms with Crippen molar-refractivity contribution < 1.29 is 14.4 Å². The second-order valence-electron chi connectivity index (χ2n) is 10.9. The predicted octanol–water partition coefficient (Wildman–Crippen LogP) is 8.36. The maximum absolute atomic E-state index is 13.8. The molecular weight excluding hydrogens is 605 g/mol. The van der Waals surface area contributed by atoms with Crippen LogP contribution in [-0.4, -0.2) is 22.7 Å². The van der Waals surface area contributed by atoms with Crippen molar-refractivity contribution in [2.24, 2.45) is 0 Å². The van der Waals surface area contributed by atoms with Crippen LogP contribution in [0.2, 0.25) is 0 Å². The highest BCUT2D eigenvalue weighted by atomic mass is 32.2. The van der Waals surface area contributed by atoms with Gasteiger partial charge in [-0.05, 0) is 66.6 Å². The number of benzene rings is 5. The first-order valence-electron chi connectivity index (χ1n) is 15.1. The van der Waals surface area contributed by atoms with E-state index in [1.54, 1.807) is 42.6 Å². The summed E-state index contributed by atoms with van der Waals surface area (Å²) in [6, 6.07) is 41.1. The molecule has 7 nitrogen and oxygen atoms in total. The van der Waals surface area contributed by atoms with Gasteiger partial charge in [-0.3, -0.25) is 14.4 Å². The van der Waals surface area contributed by atoms with Crippen LogP contribution in [0, 0.1) is 6.92 Å². The van der Waals surface area contributed by atoms with Gasteiger partial charge in [0.15, 0.2) is 0 Å². The van der Waals surface area contributed by atoms with Gasteiger partial charge in [0.1, 0.15) is 10.9 Å². The molecule has 232 valence electrons. The molecule has 0 fully saturated rings. The number of carbonyl (C=O) groups is 3. The van der Waals surface area contributed by atoms with Crippen molar-refractivity contribution in [2.45, 2.75) is 17.1 Å². The molecule has 5 aromatic carbocycles. The van der Waals surface area contributed by atoms with Crippen LogP contribution in [0.25, 0.3) is 17.0 Å². The minimum absolute atomic E-state index is 0.0847. The predicted molar refractivity (Wildman–Crippen MR) is 190 cm³/mol. The lowest BCUT2D eigenvalue weighted by Gasteiger charge is -2.18. The minimum Gasteiger partial charge on any atom is -0.361 e. The molecular formula is C39H32N4O3S. The van der Waals surface area contributed by atoms with Gasteiger partial charge in [-0.2, -0.15) is 0 Å². The van der Waals surface area contributed by atoms with E-state index in [0.717, 1.165) is 38.2 Å². The smallest absolute Gasteiger partial charge is 0.272 e. The summed E-state index contributed by atoms with van der Waals surface area (Å²) < 4.78 is 0. The molecule has 1 heterocycles. The van der Waals surface area contributed by atoms with E-state index < -0.39 is 17.1 Å². The molecule has 0 saturated carbocycles. The zero-order valence-corrected chi connectivity index (χ0v) is 26.4. The van der Waals surface area contributed by atoms with Gasteiger partial charge in [-0.25, -0.2) is 0 Å². The third kappa shape index (κ3) is 7.69. The number of fused-ring (bicyclic) bond motifs is 1. The number of aromatic amines is 1. The molecule has 6 rings (SSSR count). The molecule has 1 aromatic heterocycles. The van der Waals surface area contributed by atoms with E-state index in [4.69, 9.17) is 0 Å². The standard InChI is InChI=1S/C39H32N4O3S/c1-26-13-8-10-21-33(26)42-39(46)36(27-14-4-2-5-15-27)47-31-19-12-18-30(24-31)41-38(45)35(43-37(44)28-16-6-3-7-17-28)23-29-25-40-34-22-11-9-20-32(29)34/h2-25,36,40H,1H3,(H,41,45)(H,42,46)(H,43,44)/b35-23-. The Hall–Kier alpha value is -5.86. The minimum atomic E-state index is -0.552. The van der Waals surface area contributed by atoms with E-state index in [2.05, 4.69) is 20.9 Å².